The summed E-state index contributed by atoms with van der Waals surface area (Å²) in [6.45, 7) is 1.30. The molecular weight excluding hydrogens is 300 g/mol. The molecule has 0 amide bonds. The van der Waals surface area contributed by atoms with Crippen molar-refractivity contribution in [1.29, 1.82) is 0 Å². The van der Waals surface area contributed by atoms with E-state index in [1.807, 2.05) is 24.3 Å². The zero-order valence-corrected chi connectivity index (χ0v) is 11.9. The maximum Gasteiger partial charge on any atom is 0.151 e. The first-order chi connectivity index (χ1) is 8.72. The van der Waals surface area contributed by atoms with Crippen LogP contribution in [0, 0.1) is 0 Å². The molecule has 0 fully saturated rings. The maximum absolute atomic E-state index is 5.57. The van der Waals surface area contributed by atoms with Crippen LogP contribution in [0.25, 0.3) is 0 Å². The Morgan fingerprint density at radius 2 is 2.17 bits per heavy atom. The molecule has 1 aromatic carbocycles. The average molecular weight is 317 g/mol. The molecule has 1 rings (SSSR count). The summed E-state index contributed by atoms with van der Waals surface area (Å²) in [7, 11) is 1.61. The fourth-order valence-electron chi connectivity index (χ4n) is 1.13. The second-order valence-corrected chi connectivity index (χ2v) is 4.38. The van der Waals surface area contributed by atoms with Crippen molar-refractivity contribution < 1.29 is 14.3 Å². The van der Waals surface area contributed by atoms with Gasteiger partial charge >= 0.3 is 0 Å². The highest BCUT2D eigenvalue weighted by atomic mass is 79.9. The van der Waals surface area contributed by atoms with Crippen LogP contribution in [0.4, 0.5) is 0 Å². The van der Waals surface area contributed by atoms with E-state index in [0.717, 1.165) is 10.2 Å². The zero-order chi connectivity index (χ0) is 13.2. The molecule has 0 spiro atoms. The Balaban J connectivity index is 2.15. The molecule has 0 unspecified atom stereocenters. The molecule has 0 aliphatic heterocycles. The minimum absolute atomic E-state index is 0.347. The predicted octanol–water partition coefficient (Wildman–Crippen LogP) is 2.15. The number of hydrogen-bond acceptors (Lipinski definition) is 4. The minimum Gasteiger partial charge on any atom is -0.490 e. The number of rotatable bonds is 8. The quantitative estimate of drug-likeness (QED) is 0.345. The van der Waals surface area contributed by atoms with Crippen LogP contribution in [0.15, 0.2) is 33.9 Å². The highest BCUT2D eigenvalue weighted by Gasteiger charge is 1.96. The number of oxime groups is 1. The topological polar surface area (TPSA) is 66.1 Å². The average Bonchev–Trinajstić information content (AvgIpc) is 2.36. The number of amidine groups is 1. The van der Waals surface area contributed by atoms with E-state index >= 15 is 0 Å². The van der Waals surface area contributed by atoms with Crippen molar-refractivity contribution in [1.82, 2.24) is 0 Å². The molecule has 0 saturated carbocycles. The Kier molecular flexibility index (Phi) is 7.20. The van der Waals surface area contributed by atoms with Crippen LogP contribution in [0.2, 0.25) is 0 Å². The predicted molar refractivity (Wildman–Crippen MR) is 73.7 cm³/mol. The van der Waals surface area contributed by atoms with Crippen LogP contribution in [0.5, 0.6) is 5.75 Å². The smallest absolute Gasteiger partial charge is 0.151 e. The summed E-state index contributed by atoms with van der Waals surface area (Å²) in [5, 5.41) is 3.74. The van der Waals surface area contributed by atoms with Crippen molar-refractivity contribution in [3.8, 4) is 5.75 Å². The standard InChI is InChI=1S/C12H17BrN2O3/c1-16-6-5-12(14)15-18-8-7-17-11-4-2-3-10(13)9-11/h2-4,9H,5-8H2,1H3,(H2,14,15). The van der Waals surface area contributed by atoms with E-state index < -0.39 is 0 Å². The van der Waals surface area contributed by atoms with E-state index in [2.05, 4.69) is 21.1 Å². The molecule has 0 aliphatic rings. The molecule has 6 heteroatoms. The van der Waals surface area contributed by atoms with Gasteiger partial charge in [-0.2, -0.15) is 0 Å². The number of hydrogen-bond donors (Lipinski definition) is 1. The van der Waals surface area contributed by atoms with Gasteiger partial charge in [0.05, 0.1) is 6.61 Å². The molecule has 100 valence electrons. The second kappa shape index (κ2) is 8.77. The van der Waals surface area contributed by atoms with Gasteiger partial charge in [0.1, 0.15) is 18.2 Å². The lowest BCUT2D eigenvalue weighted by molar-refractivity contribution is 0.105. The highest BCUT2D eigenvalue weighted by Crippen LogP contribution is 2.17. The number of methoxy groups -OCH3 is 1. The maximum atomic E-state index is 5.57. The lowest BCUT2D eigenvalue weighted by Crippen LogP contribution is -2.15. The Morgan fingerprint density at radius 1 is 1.33 bits per heavy atom. The number of nitrogens with two attached hydrogens (primary N) is 1. The lowest BCUT2D eigenvalue weighted by atomic mass is 10.3. The molecule has 0 heterocycles. The number of nitrogens with zero attached hydrogens (tertiary/aromatic N) is 1. The van der Waals surface area contributed by atoms with E-state index in [-0.39, 0.29) is 0 Å². The van der Waals surface area contributed by atoms with Gasteiger partial charge in [-0.15, -0.1) is 0 Å². The SMILES string of the molecule is COCC/C(N)=N/OCCOc1cccc(Br)c1. The first kappa shape index (κ1) is 14.8. The van der Waals surface area contributed by atoms with Crippen molar-refractivity contribution in [2.45, 2.75) is 6.42 Å². The van der Waals surface area contributed by atoms with Gasteiger partial charge in [-0.3, -0.25) is 0 Å². The van der Waals surface area contributed by atoms with Gasteiger partial charge in [-0.05, 0) is 18.2 Å². The van der Waals surface area contributed by atoms with E-state index in [1.165, 1.54) is 0 Å². The molecular formula is C12H17BrN2O3. The van der Waals surface area contributed by atoms with Gasteiger partial charge < -0.3 is 20.0 Å². The van der Waals surface area contributed by atoms with Crippen LogP contribution >= 0.6 is 15.9 Å². The van der Waals surface area contributed by atoms with Crippen molar-refractivity contribution in [3.63, 3.8) is 0 Å². The highest BCUT2D eigenvalue weighted by molar-refractivity contribution is 9.10. The summed E-state index contributed by atoms with van der Waals surface area (Å²) in [5.41, 5.74) is 5.57. The molecule has 2 N–H and O–H groups in total. The third-order valence-corrected chi connectivity index (χ3v) is 2.48. The fraction of sp³-hybridized carbons (Fsp3) is 0.417. The number of benzene rings is 1. The largest absolute Gasteiger partial charge is 0.490 e. The molecule has 0 aromatic heterocycles. The Labute approximate surface area is 115 Å². The van der Waals surface area contributed by atoms with Crippen LogP contribution in [-0.2, 0) is 9.57 Å². The summed E-state index contributed by atoms with van der Waals surface area (Å²) < 4.78 is 11.3. The molecule has 0 aliphatic carbocycles. The third-order valence-electron chi connectivity index (χ3n) is 1.98. The van der Waals surface area contributed by atoms with Crippen LogP contribution in [0.1, 0.15) is 6.42 Å². The first-order valence-electron chi connectivity index (χ1n) is 5.54. The Bertz CT molecular complexity index is 385. The summed E-state index contributed by atoms with van der Waals surface area (Å²) in [5.74, 6) is 1.20. The summed E-state index contributed by atoms with van der Waals surface area (Å²) in [6, 6.07) is 7.60. The lowest BCUT2D eigenvalue weighted by Gasteiger charge is -2.06. The molecule has 0 bridgehead atoms. The number of ether oxygens (including phenoxy) is 2. The van der Waals surface area contributed by atoms with Crippen LogP contribution in [0.3, 0.4) is 0 Å². The van der Waals surface area contributed by atoms with Crippen molar-refractivity contribution in [3.05, 3.63) is 28.7 Å². The van der Waals surface area contributed by atoms with E-state index in [0.29, 0.717) is 32.1 Å². The first-order valence-corrected chi connectivity index (χ1v) is 6.33. The van der Waals surface area contributed by atoms with Crippen molar-refractivity contribution in [2.24, 2.45) is 10.9 Å². The number of halogens is 1. The monoisotopic (exact) mass is 316 g/mol. The van der Waals surface area contributed by atoms with Crippen molar-refractivity contribution >= 4 is 21.8 Å². The Morgan fingerprint density at radius 3 is 2.89 bits per heavy atom. The summed E-state index contributed by atoms with van der Waals surface area (Å²) >= 11 is 3.37. The van der Waals surface area contributed by atoms with Gasteiger partial charge in [0, 0.05) is 18.0 Å². The minimum atomic E-state index is 0.347. The van der Waals surface area contributed by atoms with E-state index in [1.54, 1.807) is 7.11 Å². The second-order valence-electron chi connectivity index (χ2n) is 3.46. The molecule has 5 nitrogen and oxygen atoms in total. The molecule has 0 atom stereocenters. The third kappa shape index (κ3) is 6.46. The van der Waals surface area contributed by atoms with Gasteiger partial charge in [0.15, 0.2) is 6.61 Å². The van der Waals surface area contributed by atoms with Crippen LogP contribution in [-0.4, -0.2) is 32.8 Å². The summed E-state index contributed by atoms with van der Waals surface area (Å²) in [4.78, 5) is 5.02. The van der Waals surface area contributed by atoms with Gasteiger partial charge in [0.25, 0.3) is 0 Å². The molecule has 18 heavy (non-hydrogen) atoms. The molecule has 0 radical (unpaired) electrons. The fourth-order valence-corrected chi connectivity index (χ4v) is 1.51. The van der Waals surface area contributed by atoms with Crippen LogP contribution < -0.4 is 10.5 Å². The normalized spacial score (nSPS) is 11.3. The molecule has 1 aromatic rings. The Hall–Kier alpha value is -1.27. The molecule has 0 saturated heterocycles. The van der Waals surface area contributed by atoms with Crippen molar-refractivity contribution in [2.75, 3.05) is 26.9 Å². The van der Waals surface area contributed by atoms with E-state index in [9.17, 15) is 0 Å². The van der Waals surface area contributed by atoms with E-state index in [4.69, 9.17) is 20.0 Å². The van der Waals surface area contributed by atoms with Gasteiger partial charge in [-0.25, -0.2) is 0 Å². The van der Waals surface area contributed by atoms with Gasteiger partial charge in [0.2, 0.25) is 0 Å². The summed E-state index contributed by atoms with van der Waals surface area (Å²) in [6.07, 6.45) is 0.559. The van der Waals surface area contributed by atoms with Gasteiger partial charge in [-0.1, -0.05) is 27.2 Å². The zero-order valence-electron chi connectivity index (χ0n) is 10.3.